The molecule has 5 heteroatoms. The van der Waals surface area contributed by atoms with Gasteiger partial charge in [-0.25, -0.2) is 4.98 Å². The minimum Gasteiger partial charge on any atom is -0.347 e. The fraction of sp³-hybridized carbons (Fsp3) is 0.429. The van der Waals surface area contributed by atoms with E-state index in [-0.39, 0.29) is 5.91 Å². The van der Waals surface area contributed by atoms with Gasteiger partial charge in [0, 0.05) is 30.7 Å². The van der Waals surface area contributed by atoms with Crippen LogP contribution in [0.5, 0.6) is 0 Å². The van der Waals surface area contributed by atoms with Crippen LogP contribution < -0.4 is 5.32 Å². The van der Waals surface area contributed by atoms with Crippen LogP contribution in [-0.4, -0.2) is 41.5 Å². The molecule has 4 heterocycles. The van der Waals surface area contributed by atoms with Crippen LogP contribution in [0.2, 0.25) is 0 Å². The first-order chi connectivity index (χ1) is 9.29. The first-order valence-corrected chi connectivity index (χ1v) is 7.49. The summed E-state index contributed by atoms with van der Waals surface area (Å²) in [6, 6.07) is 6.17. The molecule has 0 spiro atoms. The molecular weight excluding hydrogens is 258 g/mol. The normalized spacial score (nSPS) is 28.9. The average Bonchev–Trinajstić information content (AvgIpc) is 3.12. The number of rotatable bonds is 2. The van der Waals surface area contributed by atoms with Gasteiger partial charge in [0.25, 0.3) is 5.91 Å². The lowest BCUT2D eigenvalue weighted by Crippen LogP contribution is -2.42. The van der Waals surface area contributed by atoms with E-state index in [0.29, 0.717) is 12.0 Å². The summed E-state index contributed by atoms with van der Waals surface area (Å²) in [6.07, 6.45) is 2.99. The van der Waals surface area contributed by atoms with Gasteiger partial charge in [0.2, 0.25) is 0 Å². The molecule has 19 heavy (non-hydrogen) atoms. The Morgan fingerprint density at radius 1 is 1.47 bits per heavy atom. The van der Waals surface area contributed by atoms with Crippen molar-refractivity contribution in [1.29, 1.82) is 0 Å². The van der Waals surface area contributed by atoms with E-state index in [1.54, 1.807) is 6.20 Å². The zero-order valence-electron chi connectivity index (χ0n) is 10.5. The third kappa shape index (κ3) is 1.93. The highest BCUT2D eigenvalue weighted by molar-refractivity contribution is 7.20. The summed E-state index contributed by atoms with van der Waals surface area (Å²) in [5.41, 5.74) is 0. The van der Waals surface area contributed by atoms with Gasteiger partial charge >= 0.3 is 0 Å². The minimum atomic E-state index is 0.0572. The van der Waals surface area contributed by atoms with Crippen molar-refractivity contribution in [3.8, 4) is 0 Å². The molecule has 3 unspecified atom stereocenters. The number of hydrogen-bond acceptors (Lipinski definition) is 4. The van der Waals surface area contributed by atoms with Crippen molar-refractivity contribution in [3.05, 3.63) is 29.3 Å². The number of amides is 1. The molecule has 2 saturated heterocycles. The Labute approximate surface area is 115 Å². The van der Waals surface area contributed by atoms with E-state index in [9.17, 15) is 4.79 Å². The number of carbonyl (C=O) groups is 1. The van der Waals surface area contributed by atoms with Crippen molar-refractivity contribution in [2.45, 2.75) is 12.5 Å². The molecule has 2 fully saturated rings. The van der Waals surface area contributed by atoms with E-state index in [2.05, 4.69) is 15.2 Å². The molecule has 4 nitrogen and oxygen atoms in total. The summed E-state index contributed by atoms with van der Waals surface area (Å²) < 4.78 is 0. The van der Waals surface area contributed by atoms with E-state index in [4.69, 9.17) is 0 Å². The number of pyridine rings is 1. The van der Waals surface area contributed by atoms with E-state index >= 15 is 0 Å². The number of nitrogens with zero attached hydrogens (tertiary/aromatic N) is 2. The Morgan fingerprint density at radius 3 is 3.16 bits per heavy atom. The first-order valence-electron chi connectivity index (χ1n) is 6.67. The highest BCUT2D eigenvalue weighted by atomic mass is 32.1. The highest BCUT2D eigenvalue weighted by Gasteiger charge is 2.38. The minimum absolute atomic E-state index is 0.0572. The van der Waals surface area contributed by atoms with Crippen molar-refractivity contribution < 1.29 is 4.79 Å². The van der Waals surface area contributed by atoms with E-state index in [0.717, 1.165) is 28.2 Å². The summed E-state index contributed by atoms with van der Waals surface area (Å²) in [5.74, 6) is 0.707. The number of carbonyl (C=O) groups excluding carboxylic acids is 1. The van der Waals surface area contributed by atoms with E-state index in [1.165, 1.54) is 24.3 Å². The van der Waals surface area contributed by atoms with Crippen molar-refractivity contribution in [2.75, 3.05) is 19.6 Å². The molecule has 2 bridgehead atoms. The maximum absolute atomic E-state index is 12.3. The molecule has 1 amide bonds. The van der Waals surface area contributed by atoms with Gasteiger partial charge in [-0.3, -0.25) is 4.79 Å². The second-order valence-corrected chi connectivity index (χ2v) is 6.43. The average molecular weight is 273 g/mol. The lowest BCUT2D eigenvalue weighted by Gasteiger charge is -2.22. The largest absolute Gasteiger partial charge is 0.347 e. The Hall–Kier alpha value is -1.46. The zero-order chi connectivity index (χ0) is 12.8. The van der Waals surface area contributed by atoms with Gasteiger partial charge in [-0.05, 0) is 31.0 Å². The lowest BCUT2D eigenvalue weighted by atomic mass is 10.00. The quantitative estimate of drug-likeness (QED) is 0.906. The summed E-state index contributed by atoms with van der Waals surface area (Å²) in [4.78, 5) is 20.7. The SMILES string of the molecule is O=C(NC1CN2CCC1C2)c1cc2cccnc2s1. The van der Waals surface area contributed by atoms with Gasteiger partial charge in [-0.2, -0.15) is 0 Å². The van der Waals surface area contributed by atoms with Gasteiger partial charge < -0.3 is 10.2 Å². The monoisotopic (exact) mass is 273 g/mol. The predicted octanol–water partition coefficient (Wildman–Crippen LogP) is 1.73. The van der Waals surface area contributed by atoms with Crippen LogP contribution in [-0.2, 0) is 0 Å². The molecule has 98 valence electrons. The smallest absolute Gasteiger partial charge is 0.261 e. The molecule has 2 aliphatic heterocycles. The number of thiophene rings is 1. The van der Waals surface area contributed by atoms with Gasteiger partial charge in [-0.15, -0.1) is 11.3 Å². The van der Waals surface area contributed by atoms with Crippen LogP contribution >= 0.6 is 11.3 Å². The molecule has 0 saturated carbocycles. The molecular formula is C14H15N3OS. The highest BCUT2D eigenvalue weighted by Crippen LogP contribution is 2.29. The fourth-order valence-electron chi connectivity index (χ4n) is 3.17. The molecule has 0 radical (unpaired) electrons. The second-order valence-electron chi connectivity index (χ2n) is 5.40. The van der Waals surface area contributed by atoms with Gasteiger partial charge in [0.1, 0.15) is 4.83 Å². The van der Waals surface area contributed by atoms with Gasteiger partial charge in [0.05, 0.1) is 4.88 Å². The molecule has 0 aliphatic carbocycles. The maximum atomic E-state index is 12.3. The van der Waals surface area contributed by atoms with Crippen molar-refractivity contribution in [1.82, 2.24) is 15.2 Å². The molecule has 2 aromatic rings. The summed E-state index contributed by atoms with van der Waals surface area (Å²) in [7, 11) is 0. The molecule has 2 aromatic heterocycles. The third-order valence-electron chi connectivity index (χ3n) is 4.17. The number of piperidine rings is 1. The van der Waals surface area contributed by atoms with E-state index < -0.39 is 0 Å². The fourth-order valence-corrected chi connectivity index (χ4v) is 4.08. The predicted molar refractivity (Wildman–Crippen MR) is 75.4 cm³/mol. The summed E-state index contributed by atoms with van der Waals surface area (Å²) in [5, 5.41) is 4.24. The molecule has 1 N–H and O–H groups in total. The van der Waals surface area contributed by atoms with Crippen molar-refractivity contribution >= 4 is 27.5 Å². The number of hydrogen-bond donors (Lipinski definition) is 1. The van der Waals surface area contributed by atoms with Crippen LogP contribution in [0.4, 0.5) is 0 Å². The lowest BCUT2D eigenvalue weighted by molar-refractivity contribution is 0.0928. The molecule has 3 atom stereocenters. The summed E-state index contributed by atoms with van der Waals surface area (Å²) in [6.45, 7) is 3.36. The second kappa shape index (κ2) is 4.28. The van der Waals surface area contributed by atoms with Crippen molar-refractivity contribution in [3.63, 3.8) is 0 Å². The topological polar surface area (TPSA) is 45.2 Å². The molecule has 0 aromatic carbocycles. The Balaban J connectivity index is 1.53. The zero-order valence-corrected chi connectivity index (χ0v) is 11.3. The number of aromatic nitrogens is 1. The number of fused-ring (bicyclic) bond motifs is 3. The van der Waals surface area contributed by atoms with Crippen molar-refractivity contribution in [2.24, 2.45) is 5.92 Å². The van der Waals surface area contributed by atoms with Crippen LogP contribution in [0.25, 0.3) is 10.2 Å². The number of nitrogens with one attached hydrogen (secondary N) is 1. The van der Waals surface area contributed by atoms with Crippen LogP contribution in [0.3, 0.4) is 0 Å². The van der Waals surface area contributed by atoms with Crippen LogP contribution in [0, 0.1) is 5.92 Å². The Kier molecular flexibility index (Phi) is 2.56. The van der Waals surface area contributed by atoms with Gasteiger partial charge in [-0.1, -0.05) is 6.07 Å². The molecule has 2 aliphatic rings. The standard InChI is InChI=1S/C14H15N3OS/c18-13(16-11-8-17-5-3-10(11)7-17)12-6-9-2-1-4-15-14(9)19-12/h1-2,4,6,10-11H,3,5,7-8H2,(H,16,18). The third-order valence-corrected chi connectivity index (χ3v) is 5.22. The Morgan fingerprint density at radius 2 is 2.42 bits per heavy atom. The molecule has 4 rings (SSSR count). The van der Waals surface area contributed by atoms with Crippen LogP contribution in [0.1, 0.15) is 16.1 Å². The van der Waals surface area contributed by atoms with E-state index in [1.807, 2.05) is 18.2 Å². The van der Waals surface area contributed by atoms with Crippen LogP contribution in [0.15, 0.2) is 24.4 Å². The van der Waals surface area contributed by atoms with Gasteiger partial charge in [0.15, 0.2) is 0 Å². The first kappa shape index (κ1) is 11.4. The summed E-state index contributed by atoms with van der Waals surface area (Å²) >= 11 is 1.47. The Bertz CT molecular complexity index is 605. The maximum Gasteiger partial charge on any atom is 0.261 e.